The number of ketones is 1. The Labute approximate surface area is 310 Å². The van der Waals surface area contributed by atoms with E-state index in [2.05, 4.69) is 42.4 Å². The summed E-state index contributed by atoms with van der Waals surface area (Å²) in [7, 11) is 0. The third-order valence-electron chi connectivity index (χ3n) is 8.47. The first kappa shape index (κ1) is 41.7. The average Bonchev–Trinajstić information content (AvgIpc) is 3.18. The molecule has 1 unspecified atom stereocenters. The number of hydrogen-bond acceptors (Lipinski definition) is 7. The summed E-state index contributed by atoms with van der Waals surface area (Å²) in [5.41, 5.74) is 6.06. The van der Waals surface area contributed by atoms with Gasteiger partial charge in [0.2, 0.25) is 5.91 Å². The van der Waals surface area contributed by atoms with E-state index >= 15 is 0 Å². The summed E-state index contributed by atoms with van der Waals surface area (Å²) < 4.78 is 11.0. The van der Waals surface area contributed by atoms with Crippen molar-refractivity contribution in [3.63, 3.8) is 0 Å². The van der Waals surface area contributed by atoms with Gasteiger partial charge in [-0.1, -0.05) is 106 Å². The van der Waals surface area contributed by atoms with Crippen molar-refractivity contribution in [2.24, 2.45) is 0 Å². The highest BCUT2D eigenvalue weighted by Gasteiger charge is 2.14. The topological polar surface area (TPSA) is 100 Å². The molecule has 4 aromatic carbocycles. The van der Waals surface area contributed by atoms with Crippen LogP contribution in [-0.2, 0) is 11.2 Å². The number of carbonyl (C=O) groups is 2. The lowest BCUT2D eigenvalue weighted by Crippen LogP contribution is -2.33. The molecule has 3 N–H and O–H groups in total. The van der Waals surface area contributed by atoms with Gasteiger partial charge in [-0.15, -0.1) is 0 Å². The predicted octanol–water partition coefficient (Wildman–Crippen LogP) is 7.92. The maximum Gasteiger partial charge on any atom is 0.238 e. The Morgan fingerprint density at radius 2 is 1.54 bits per heavy atom. The average molecular weight is 708 g/mol. The van der Waals surface area contributed by atoms with Gasteiger partial charge >= 0.3 is 0 Å². The van der Waals surface area contributed by atoms with Gasteiger partial charge in [-0.2, -0.15) is 0 Å². The van der Waals surface area contributed by atoms with E-state index in [1.165, 1.54) is 5.56 Å². The number of aryl methyl sites for hydroxylation is 3. The number of Topliss-reactive ketones (excluding diaryl/α,β-unsaturated/α-hetero) is 1. The zero-order chi connectivity index (χ0) is 37.6. The van der Waals surface area contributed by atoms with Gasteiger partial charge in [-0.25, -0.2) is 0 Å². The number of rotatable bonds is 16. The van der Waals surface area contributed by atoms with Gasteiger partial charge < -0.3 is 25.2 Å². The molecule has 8 heteroatoms. The predicted molar refractivity (Wildman–Crippen MR) is 214 cm³/mol. The second-order valence-electron chi connectivity index (χ2n) is 12.6. The first-order valence-corrected chi connectivity index (χ1v) is 18.4. The largest absolute Gasteiger partial charge is 0.490 e. The van der Waals surface area contributed by atoms with Crippen LogP contribution in [0.3, 0.4) is 0 Å². The highest BCUT2D eigenvalue weighted by molar-refractivity contribution is 5.98. The van der Waals surface area contributed by atoms with Gasteiger partial charge in [-0.05, 0) is 87.3 Å². The normalized spacial score (nSPS) is 11.9. The number of nitrogens with zero attached hydrogens (tertiary/aromatic N) is 1. The Morgan fingerprint density at radius 1 is 0.865 bits per heavy atom. The number of aliphatic hydroxyl groups is 1. The Hall–Kier alpha value is -4.76. The Morgan fingerprint density at radius 3 is 2.23 bits per heavy atom. The number of benzene rings is 4. The molecule has 1 amide bonds. The van der Waals surface area contributed by atoms with Crippen molar-refractivity contribution in [2.75, 3.05) is 51.3 Å². The van der Waals surface area contributed by atoms with Crippen LogP contribution in [0.1, 0.15) is 66.2 Å². The van der Waals surface area contributed by atoms with Crippen molar-refractivity contribution in [2.45, 2.75) is 60.0 Å². The number of nitrogens with one attached hydrogen (secondary N) is 2. The number of para-hydroxylation sites is 3. The molecular weight excluding hydrogens is 651 g/mol. The van der Waals surface area contributed by atoms with E-state index in [1.807, 2.05) is 105 Å². The first-order valence-electron chi connectivity index (χ1n) is 18.4. The lowest BCUT2D eigenvalue weighted by molar-refractivity contribution is -0.117. The third kappa shape index (κ3) is 14.8. The van der Waals surface area contributed by atoms with E-state index in [4.69, 9.17) is 9.47 Å². The molecule has 0 aliphatic carbocycles. The Kier molecular flexibility index (Phi) is 19.0. The molecule has 52 heavy (non-hydrogen) atoms. The number of anilines is 1. The van der Waals surface area contributed by atoms with Crippen molar-refractivity contribution in [3.8, 4) is 11.5 Å². The minimum atomic E-state index is -0.598. The van der Waals surface area contributed by atoms with Crippen LogP contribution in [0.15, 0.2) is 103 Å². The van der Waals surface area contributed by atoms with Crippen LogP contribution in [0, 0.1) is 13.8 Å². The third-order valence-corrected chi connectivity index (χ3v) is 8.47. The first-order chi connectivity index (χ1) is 25.2. The Bertz CT molecular complexity index is 1650. The molecule has 8 nitrogen and oxygen atoms in total. The van der Waals surface area contributed by atoms with Gasteiger partial charge in [0.15, 0.2) is 5.78 Å². The van der Waals surface area contributed by atoms with E-state index < -0.39 is 6.10 Å². The second-order valence-corrected chi connectivity index (χ2v) is 12.6. The van der Waals surface area contributed by atoms with Gasteiger partial charge in [-0.3, -0.25) is 14.5 Å². The van der Waals surface area contributed by atoms with Crippen molar-refractivity contribution >= 4 is 23.5 Å². The molecule has 1 aliphatic rings. The molecule has 0 saturated heterocycles. The van der Waals surface area contributed by atoms with E-state index in [1.54, 1.807) is 12.1 Å². The summed E-state index contributed by atoms with van der Waals surface area (Å²) in [5.74, 6) is 1.64. The van der Waals surface area contributed by atoms with Crippen LogP contribution < -0.4 is 20.1 Å². The fraction of sp³-hybridized carbons (Fsp3) is 0.364. The summed E-state index contributed by atoms with van der Waals surface area (Å²) >= 11 is 0. The molecule has 278 valence electrons. The number of likely N-dealkylation sites (N-methyl/N-ethyl adjacent to an activating group) is 1. The van der Waals surface area contributed by atoms with Gasteiger partial charge in [0.1, 0.15) is 30.8 Å². The number of carbonyl (C=O) groups excluding carboxylic acids is 2. The van der Waals surface area contributed by atoms with E-state index in [0.717, 1.165) is 54.2 Å². The number of aliphatic hydroxyl groups excluding tert-OH is 1. The maximum absolute atomic E-state index is 12.5. The zero-order valence-corrected chi connectivity index (χ0v) is 31.6. The molecule has 1 heterocycles. The number of amides is 1. The van der Waals surface area contributed by atoms with Crippen molar-refractivity contribution in [1.82, 2.24) is 10.2 Å². The fourth-order valence-electron chi connectivity index (χ4n) is 5.45. The molecule has 1 aliphatic heterocycles. The van der Waals surface area contributed by atoms with Crippen molar-refractivity contribution < 1.29 is 24.2 Å². The van der Waals surface area contributed by atoms with Crippen LogP contribution in [-0.4, -0.2) is 73.7 Å². The monoisotopic (exact) mass is 707 g/mol. The van der Waals surface area contributed by atoms with Crippen LogP contribution in [0.25, 0.3) is 6.08 Å². The quantitative estimate of drug-likeness (QED) is 0.0804. The summed E-state index contributed by atoms with van der Waals surface area (Å²) in [6, 6.07) is 31.3. The van der Waals surface area contributed by atoms with Crippen molar-refractivity contribution in [3.05, 3.63) is 131 Å². The fourth-order valence-corrected chi connectivity index (χ4v) is 5.45. The van der Waals surface area contributed by atoms with Crippen molar-refractivity contribution in [1.29, 1.82) is 0 Å². The highest BCUT2D eigenvalue weighted by Crippen LogP contribution is 2.23. The SMILES string of the molecule is C1=Cc2ccccc2OC1.CCCNCC(O)COc1ccccc1C(=O)CCc1ccccc1.CCN(CC)CC(=O)Nc1c(C)cccc1C. The molecular formula is C44H57N3O5. The molecule has 0 fully saturated rings. The summed E-state index contributed by atoms with van der Waals surface area (Å²) in [5, 5.41) is 16.1. The van der Waals surface area contributed by atoms with E-state index in [0.29, 0.717) is 43.9 Å². The van der Waals surface area contributed by atoms with Gasteiger partial charge in [0, 0.05) is 24.2 Å². The molecule has 0 bridgehead atoms. The summed E-state index contributed by atoms with van der Waals surface area (Å²) in [4.78, 5) is 26.5. The lowest BCUT2D eigenvalue weighted by atomic mass is 10.0. The molecule has 4 aromatic rings. The van der Waals surface area contributed by atoms with Crippen LogP contribution in [0.2, 0.25) is 0 Å². The molecule has 1 atom stereocenters. The summed E-state index contributed by atoms with van der Waals surface area (Å²) in [6.45, 7) is 14.7. The van der Waals surface area contributed by atoms with E-state index in [-0.39, 0.29) is 18.3 Å². The van der Waals surface area contributed by atoms with Crippen LogP contribution in [0.4, 0.5) is 5.69 Å². The second kappa shape index (κ2) is 23.7. The molecule has 0 spiro atoms. The zero-order valence-electron chi connectivity index (χ0n) is 31.6. The van der Waals surface area contributed by atoms with Gasteiger partial charge in [0.25, 0.3) is 0 Å². The smallest absolute Gasteiger partial charge is 0.238 e. The maximum atomic E-state index is 12.5. The van der Waals surface area contributed by atoms with Gasteiger partial charge in [0.05, 0.1) is 12.1 Å². The lowest BCUT2D eigenvalue weighted by Gasteiger charge is -2.18. The molecule has 5 rings (SSSR count). The number of fused-ring (bicyclic) bond motifs is 1. The molecule has 0 saturated carbocycles. The Balaban J connectivity index is 0.000000231. The van der Waals surface area contributed by atoms with E-state index in [9.17, 15) is 14.7 Å². The minimum absolute atomic E-state index is 0.0538. The minimum Gasteiger partial charge on any atom is -0.490 e. The number of hydrogen-bond donors (Lipinski definition) is 3. The standard InChI is InChI=1S/C21H27NO3.C14H22N2O.C9H8O/c1-2-14-22-15-18(23)16-25-21-11-7-6-10-19(21)20(24)13-12-17-8-4-3-5-9-17;1-5-16(6-2)10-13(17)15-14-11(3)8-7-9-12(14)4;1-2-6-9-8(4-1)5-3-7-10-9/h3-11,18,22-23H,2,12-16H2,1H3;7-9H,5-6,10H2,1-4H3,(H,15,17);1-6H,7H2. The van der Waals surface area contributed by atoms with Crippen LogP contribution >= 0.6 is 0 Å². The highest BCUT2D eigenvalue weighted by atomic mass is 16.5. The summed E-state index contributed by atoms with van der Waals surface area (Å²) in [6.07, 6.45) is 5.66. The molecule has 0 aromatic heterocycles. The number of ether oxygens (including phenoxy) is 2. The van der Waals surface area contributed by atoms with Crippen LogP contribution in [0.5, 0.6) is 11.5 Å². The molecule has 0 radical (unpaired) electrons.